The van der Waals surface area contributed by atoms with Crippen LogP contribution in [0.2, 0.25) is 0 Å². The summed E-state index contributed by atoms with van der Waals surface area (Å²) < 4.78 is 0. The minimum absolute atomic E-state index is 0.495. The molecule has 1 nitrogen and oxygen atoms in total. The lowest BCUT2D eigenvalue weighted by atomic mass is 10.0. The first kappa shape index (κ1) is 10.7. The van der Waals surface area contributed by atoms with E-state index in [1.54, 1.807) is 0 Å². The molecule has 1 atom stereocenters. The van der Waals surface area contributed by atoms with E-state index in [2.05, 4.69) is 43.4 Å². The van der Waals surface area contributed by atoms with Gasteiger partial charge in [-0.05, 0) is 37.8 Å². The van der Waals surface area contributed by atoms with Crippen molar-refractivity contribution in [1.82, 2.24) is 5.32 Å². The van der Waals surface area contributed by atoms with E-state index >= 15 is 0 Å². The number of hydrogen-bond donors (Lipinski definition) is 1. The molecular weight excluding hydrogens is 182 g/mol. The van der Waals surface area contributed by atoms with Crippen molar-refractivity contribution >= 4 is 0 Å². The third-order valence-corrected chi connectivity index (χ3v) is 3.50. The lowest BCUT2D eigenvalue weighted by Gasteiger charge is -2.21. The predicted octanol–water partition coefficient (Wildman–Crippen LogP) is 3.59. The van der Waals surface area contributed by atoms with Crippen molar-refractivity contribution in [2.45, 2.75) is 51.6 Å². The molecule has 0 heterocycles. The second-order valence-electron chi connectivity index (χ2n) is 4.73. The van der Waals surface area contributed by atoms with E-state index in [0.717, 1.165) is 6.04 Å². The Balaban J connectivity index is 2.00. The highest BCUT2D eigenvalue weighted by atomic mass is 14.9. The molecule has 82 valence electrons. The van der Waals surface area contributed by atoms with E-state index < -0.39 is 0 Å². The summed E-state index contributed by atoms with van der Waals surface area (Å²) in [6.07, 6.45) is 5.52. The normalized spacial score (nSPS) is 19.3. The first-order valence-corrected chi connectivity index (χ1v) is 6.09. The Morgan fingerprint density at radius 3 is 2.53 bits per heavy atom. The summed E-state index contributed by atoms with van der Waals surface area (Å²) >= 11 is 0. The zero-order chi connectivity index (χ0) is 10.7. The largest absolute Gasteiger partial charge is 0.307 e. The number of nitrogens with one attached hydrogen (secondary N) is 1. The molecule has 2 rings (SSSR count). The van der Waals surface area contributed by atoms with Crippen LogP contribution >= 0.6 is 0 Å². The van der Waals surface area contributed by atoms with Gasteiger partial charge in [-0.2, -0.15) is 0 Å². The van der Waals surface area contributed by atoms with Gasteiger partial charge < -0.3 is 5.32 Å². The van der Waals surface area contributed by atoms with Crippen LogP contribution in [0.4, 0.5) is 0 Å². The number of benzene rings is 1. The SMILES string of the molecule is Cc1ccccc1C(C)NC1CCCC1. The van der Waals surface area contributed by atoms with Gasteiger partial charge in [-0.1, -0.05) is 37.1 Å². The predicted molar refractivity (Wildman–Crippen MR) is 65.0 cm³/mol. The summed E-state index contributed by atoms with van der Waals surface area (Å²) in [7, 11) is 0. The fraction of sp³-hybridized carbons (Fsp3) is 0.571. The first-order chi connectivity index (χ1) is 7.27. The van der Waals surface area contributed by atoms with E-state index in [-0.39, 0.29) is 0 Å². The summed E-state index contributed by atoms with van der Waals surface area (Å²) in [5.41, 5.74) is 2.85. The van der Waals surface area contributed by atoms with Gasteiger partial charge in [-0.25, -0.2) is 0 Å². The lowest BCUT2D eigenvalue weighted by Crippen LogP contribution is -2.29. The monoisotopic (exact) mass is 203 g/mol. The van der Waals surface area contributed by atoms with E-state index in [0.29, 0.717) is 6.04 Å². The summed E-state index contributed by atoms with van der Waals surface area (Å²) in [6, 6.07) is 9.93. The van der Waals surface area contributed by atoms with Gasteiger partial charge in [-0.3, -0.25) is 0 Å². The third-order valence-electron chi connectivity index (χ3n) is 3.50. The molecular formula is C14H21N. The van der Waals surface area contributed by atoms with Crippen LogP contribution in [-0.4, -0.2) is 6.04 Å². The topological polar surface area (TPSA) is 12.0 Å². The van der Waals surface area contributed by atoms with Crippen LogP contribution in [0.15, 0.2) is 24.3 Å². The van der Waals surface area contributed by atoms with Crippen molar-refractivity contribution in [3.63, 3.8) is 0 Å². The average Bonchev–Trinajstić information content (AvgIpc) is 2.71. The van der Waals surface area contributed by atoms with Gasteiger partial charge in [0.25, 0.3) is 0 Å². The quantitative estimate of drug-likeness (QED) is 0.791. The number of rotatable bonds is 3. The van der Waals surface area contributed by atoms with Crippen molar-refractivity contribution < 1.29 is 0 Å². The molecule has 0 radical (unpaired) electrons. The Bertz CT molecular complexity index is 313. The Morgan fingerprint density at radius 1 is 1.20 bits per heavy atom. The first-order valence-electron chi connectivity index (χ1n) is 6.09. The molecule has 15 heavy (non-hydrogen) atoms. The standard InChI is InChI=1S/C14H21N/c1-11-7-3-6-10-14(11)12(2)15-13-8-4-5-9-13/h3,6-7,10,12-13,15H,4-5,8-9H2,1-2H3. The van der Waals surface area contributed by atoms with Gasteiger partial charge in [0, 0.05) is 12.1 Å². The third kappa shape index (κ3) is 2.60. The maximum atomic E-state index is 3.74. The van der Waals surface area contributed by atoms with Crippen LogP contribution in [0.1, 0.15) is 49.8 Å². The Labute approximate surface area is 92.9 Å². The summed E-state index contributed by atoms with van der Waals surface area (Å²) in [5, 5.41) is 3.74. The van der Waals surface area contributed by atoms with Crippen LogP contribution in [0.5, 0.6) is 0 Å². The summed E-state index contributed by atoms with van der Waals surface area (Å²) in [4.78, 5) is 0. The van der Waals surface area contributed by atoms with E-state index in [1.807, 2.05) is 0 Å². The second kappa shape index (κ2) is 4.80. The smallest absolute Gasteiger partial charge is 0.0296 e. The maximum absolute atomic E-state index is 3.74. The minimum atomic E-state index is 0.495. The van der Waals surface area contributed by atoms with E-state index in [9.17, 15) is 0 Å². The fourth-order valence-electron chi connectivity index (χ4n) is 2.61. The number of aryl methyl sites for hydroxylation is 1. The van der Waals surface area contributed by atoms with Crippen molar-refractivity contribution in [3.05, 3.63) is 35.4 Å². The van der Waals surface area contributed by atoms with Gasteiger partial charge >= 0.3 is 0 Å². The molecule has 1 unspecified atom stereocenters. The van der Waals surface area contributed by atoms with Crippen LogP contribution in [0.25, 0.3) is 0 Å². The summed E-state index contributed by atoms with van der Waals surface area (Å²) in [6.45, 7) is 4.48. The van der Waals surface area contributed by atoms with Crippen LogP contribution < -0.4 is 5.32 Å². The molecule has 0 aliphatic heterocycles. The molecule has 1 fully saturated rings. The minimum Gasteiger partial charge on any atom is -0.307 e. The molecule has 1 aliphatic rings. The van der Waals surface area contributed by atoms with Crippen LogP contribution in [0.3, 0.4) is 0 Å². The molecule has 0 bridgehead atoms. The Kier molecular flexibility index (Phi) is 3.42. The number of hydrogen-bond acceptors (Lipinski definition) is 1. The van der Waals surface area contributed by atoms with Crippen molar-refractivity contribution in [3.8, 4) is 0 Å². The summed E-state index contributed by atoms with van der Waals surface area (Å²) in [5.74, 6) is 0. The van der Waals surface area contributed by atoms with Crippen molar-refractivity contribution in [1.29, 1.82) is 0 Å². The molecule has 0 spiro atoms. The van der Waals surface area contributed by atoms with Gasteiger partial charge in [0.15, 0.2) is 0 Å². The molecule has 0 saturated heterocycles. The van der Waals surface area contributed by atoms with Crippen LogP contribution in [-0.2, 0) is 0 Å². The molecule has 1 heteroatoms. The van der Waals surface area contributed by atoms with Crippen molar-refractivity contribution in [2.24, 2.45) is 0 Å². The molecule has 1 saturated carbocycles. The molecule has 0 amide bonds. The average molecular weight is 203 g/mol. The second-order valence-corrected chi connectivity index (χ2v) is 4.73. The highest BCUT2D eigenvalue weighted by Crippen LogP contribution is 2.23. The molecule has 1 aromatic carbocycles. The van der Waals surface area contributed by atoms with Gasteiger partial charge in [0.2, 0.25) is 0 Å². The highest BCUT2D eigenvalue weighted by Gasteiger charge is 2.17. The van der Waals surface area contributed by atoms with Crippen LogP contribution in [0, 0.1) is 6.92 Å². The fourth-order valence-corrected chi connectivity index (χ4v) is 2.61. The van der Waals surface area contributed by atoms with E-state index in [4.69, 9.17) is 0 Å². The lowest BCUT2D eigenvalue weighted by molar-refractivity contribution is 0.460. The Morgan fingerprint density at radius 2 is 1.87 bits per heavy atom. The maximum Gasteiger partial charge on any atom is 0.0296 e. The molecule has 0 aromatic heterocycles. The Hall–Kier alpha value is -0.820. The van der Waals surface area contributed by atoms with Crippen molar-refractivity contribution in [2.75, 3.05) is 0 Å². The molecule has 1 aromatic rings. The van der Waals surface area contributed by atoms with Gasteiger partial charge in [0.1, 0.15) is 0 Å². The zero-order valence-corrected chi connectivity index (χ0v) is 9.79. The molecule has 1 N–H and O–H groups in total. The van der Waals surface area contributed by atoms with Gasteiger partial charge in [0.05, 0.1) is 0 Å². The molecule has 1 aliphatic carbocycles. The zero-order valence-electron chi connectivity index (χ0n) is 9.79. The van der Waals surface area contributed by atoms with E-state index in [1.165, 1.54) is 36.8 Å². The van der Waals surface area contributed by atoms with Gasteiger partial charge in [-0.15, -0.1) is 0 Å². The highest BCUT2D eigenvalue weighted by molar-refractivity contribution is 5.28.